The number of pyridine rings is 1. The normalized spacial score (nSPS) is 11.3. The fourth-order valence-corrected chi connectivity index (χ4v) is 1.45. The summed E-state index contributed by atoms with van der Waals surface area (Å²) in [7, 11) is 0. The fourth-order valence-electron chi connectivity index (χ4n) is 1.45. The minimum absolute atomic E-state index is 0.159. The van der Waals surface area contributed by atoms with Gasteiger partial charge < -0.3 is 14.9 Å². The van der Waals surface area contributed by atoms with E-state index < -0.39 is 5.54 Å². The molecule has 6 nitrogen and oxygen atoms in total. The molecule has 0 unspecified atom stereocenters. The first-order valence-corrected chi connectivity index (χ1v) is 5.82. The van der Waals surface area contributed by atoms with Gasteiger partial charge in [-0.15, -0.1) is 0 Å². The summed E-state index contributed by atoms with van der Waals surface area (Å²) in [6.07, 6.45) is 3.26. The standard InChI is InChI=1S/C13H15N3O3/c1-13(2,8-17)15-12(18)10-7-11(19-16-10)9-3-5-14-6-4-9/h3-7,17H,8H2,1-2H3,(H,15,18). The van der Waals surface area contributed by atoms with Crippen molar-refractivity contribution >= 4 is 5.91 Å². The van der Waals surface area contributed by atoms with Crippen LogP contribution in [0.15, 0.2) is 35.1 Å². The van der Waals surface area contributed by atoms with Crippen LogP contribution < -0.4 is 5.32 Å². The Morgan fingerprint density at radius 2 is 2.11 bits per heavy atom. The number of aliphatic hydroxyl groups is 1. The van der Waals surface area contributed by atoms with Gasteiger partial charge in [0, 0.05) is 24.0 Å². The maximum Gasteiger partial charge on any atom is 0.273 e. The molecule has 100 valence electrons. The Morgan fingerprint density at radius 3 is 2.74 bits per heavy atom. The van der Waals surface area contributed by atoms with Crippen molar-refractivity contribution < 1.29 is 14.4 Å². The number of hydrogen-bond acceptors (Lipinski definition) is 5. The number of aliphatic hydroxyl groups excluding tert-OH is 1. The molecule has 0 spiro atoms. The van der Waals surface area contributed by atoms with E-state index in [2.05, 4.69) is 15.5 Å². The molecule has 0 saturated heterocycles. The summed E-state index contributed by atoms with van der Waals surface area (Å²) < 4.78 is 5.12. The van der Waals surface area contributed by atoms with Gasteiger partial charge in [-0.3, -0.25) is 9.78 Å². The first kappa shape index (κ1) is 13.2. The van der Waals surface area contributed by atoms with E-state index >= 15 is 0 Å². The molecule has 19 heavy (non-hydrogen) atoms. The Balaban J connectivity index is 2.16. The van der Waals surface area contributed by atoms with Gasteiger partial charge in [0.15, 0.2) is 11.5 Å². The van der Waals surface area contributed by atoms with Crippen LogP contribution in [0.1, 0.15) is 24.3 Å². The molecule has 0 fully saturated rings. The first-order valence-electron chi connectivity index (χ1n) is 5.82. The van der Waals surface area contributed by atoms with Crippen LogP contribution in [0, 0.1) is 0 Å². The lowest BCUT2D eigenvalue weighted by Crippen LogP contribution is -2.46. The second-order valence-electron chi connectivity index (χ2n) is 4.81. The quantitative estimate of drug-likeness (QED) is 0.864. The number of aromatic nitrogens is 2. The molecule has 0 aromatic carbocycles. The Hall–Kier alpha value is -2.21. The number of carbonyl (C=O) groups excluding carboxylic acids is 1. The highest BCUT2D eigenvalue weighted by atomic mass is 16.5. The lowest BCUT2D eigenvalue weighted by atomic mass is 10.1. The van der Waals surface area contributed by atoms with Crippen LogP contribution in [-0.4, -0.2) is 33.3 Å². The van der Waals surface area contributed by atoms with E-state index in [0.717, 1.165) is 5.56 Å². The zero-order chi connectivity index (χ0) is 13.9. The molecule has 2 rings (SSSR count). The largest absolute Gasteiger partial charge is 0.394 e. The molecule has 2 N–H and O–H groups in total. The van der Waals surface area contributed by atoms with Crippen LogP contribution in [0.25, 0.3) is 11.3 Å². The maximum absolute atomic E-state index is 11.9. The Labute approximate surface area is 110 Å². The first-order chi connectivity index (χ1) is 9.02. The van der Waals surface area contributed by atoms with Gasteiger partial charge in [-0.25, -0.2) is 0 Å². The summed E-state index contributed by atoms with van der Waals surface area (Å²) >= 11 is 0. The Bertz CT molecular complexity index is 564. The summed E-state index contributed by atoms with van der Waals surface area (Å²) in [6.45, 7) is 3.28. The van der Waals surface area contributed by atoms with Crippen molar-refractivity contribution in [3.8, 4) is 11.3 Å². The highest BCUT2D eigenvalue weighted by Crippen LogP contribution is 2.19. The van der Waals surface area contributed by atoms with E-state index in [1.54, 1.807) is 44.4 Å². The smallest absolute Gasteiger partial charge is 0.273 e. The number of carbonyl (C=O) groups is 1. The average Bonchev–Trinajstić information content (AvgIpc) is 2.89. The predicted octanol–water partition coefficient (Wildman–Crippen LogP) is 1.24. The van der Waals surface area contributed by atoms with Gasteiger partial charge in [0.1, 0.15) is 0 Å². The van der Waals surface area contributed by atoms with Crippen LogP contribution in [0.3, 0.4) is 0 Å². The third-order valence-electron chi connectivity index (χ3n) is 2.55. The van der Waals surface area contributed by atoms with Gasteiger partial charge in [0.05, 0.1) is 12.1 Å². The van der Waals surface area contributed by atoms with Gasteiger partial charge in [0.2, 0.25) is 0 Å². The van der Waals surface area contributed by atoms with Crippen LogP contribution in [0.2, 0.25) is 0 Å². The third-order valence-corrected chi connectivity index (χ3v) is 2.55. The molecule has 0 saturated carbocycles. The molecule has 1 amide bonds. The summed E-state index contributed by atoms with van der Waals surface area (Å²) in [6, 6.07) is 5.08. The van der Waals surface area contributed by atoms with E-state index in [1.165, 1.54) is 0 Å². The lowest BCUT2D eigenvalue weighted by molar-refractivity contribution is 0.0860. The summed E-state index contributed by atoms with van der Waals surface area (Å²) in [5, 5.41) is 15.5. The molecule has 2 heterocycles. The Kier molecular flexibility index (Phi) is 3.62. The van der Waals surface area contributed by atoms with Crippen molar-refractivity contribution in [1.82, 2.24) is 15.5 Å². The van der Waals surface area contributed by atoms with E-state index in [0.29, 0.717) is 5.76 Å². The summed E-state index contributed by atoms with van der Waals surface area (Å²) in [4.78, 5) is 15.8. The fraction of sp³-hybridized carbons (Fsp3) is 0.308. The predicted molar refractivity (Wildman–Crippen MR) is 68.4 cm³/mol. The van der Waals surface area contributed by atoms with Gasteiger partial charge in [-0.2, -0.15) is 0 Å². The van der Waals surface area contributed by atoms with E-state index in [-0.39, 0.29) is 18.2 Å². The van der Waals surface area contributed by atoms with Crippen molar-refractivity contribution in [2.45, 2.75) is 19.4 Å². The van der Waals surface area contributed by atoms with Gasteiger partial charge in [-0.05, 0) is 26.0 Å². The van der Waals surface area contributed by atoms with Crippen molar-refractivity contribution in [3.63, 3.8) is 0 Å². The molecule has 0 atom stereocenters. The maximum atomic E-state index is 11.9. The van der Waals surface area contributed by atoms with E-state index in [4.69, 9.17) is 9.63 Å². The zero-order valence-electron chi connectivity index (χ0n) is 10.8. The summed E-state index contributed by atoms with van der Waals surface area (Å²) in [5.74, 6) is 0.109. The number of nitrogens with zero attached hydrogens (tertiary/aromatic N) is 2. The van der Waals surface area contributed by atoms with Crippen molar-refractivity contribution in [2.75, 3.05) is 6.61 Å². The minimum atomic E-state index is -0.702. The average molecular weight is 261 g/mol. The van der Waals surface area contributed by atoms with E-state index in [9.17, 15) is 4.79 Å². The van der Waals surface area contributed by atoms with Crippen LogP contribution in [0.4, 0.5) is 0 Å². The highest BCUT2D eigenvalue weighted by Gasteiger charge is 2.22. The minimum Gasteiger partial charge on any atom is -0.394 e. The molecule has 0 bridgehead atoms. The molecule has 2 aromatic rings. The molecule has 0 aliphatic heterocycles. The molecular formula is C13H15N3O3. The molecule has 2 aromatic heterocycles. The van der Waals surface area contributed by atoms with Gasteiger partial charge in [-0.1, -0.05) is 5.16 Å². The highest BCUT2D eigenvalue weighted by molar-refractivity contribution is 5.93. The van der Waals surface area contributed by atoms with Crippen molar-refractivity contribution in [1.29, 1.82) is 0 Å². The van der Waals surface area contributed by atoms with E-state index in [1.807, 2.05) is 0 Å². The monoisotopic (exact) mass is 261 g/mol. The summed E-state index contributed by atoms with van der Waals surface area (Å²) in [5.41, 5.74) is 0.267. The van der Waals surface area contributed by atoms with Gasteiger partial charge >= 0.3 is 0 Å². The molecular weight excluding hydrogens is 246 g/mol. The SMILES string of the molecule is CC(C)(CO)NC(=O)c1cc(-c2ccncc2)on1. The van der Waals surface area contributed by atoms with Crippen LogP contribution in [0.5, 0.6) is 0 Å². The van der Waals surface area contributed by atoms with Crippen LogP contribution >= 0.6 is 0 Å². The molecule has 0 radical (unpaired) electrons. The van der Waals surface area contributed by atoms with Gasteiger partial charge in [0.25, 0.3) is 5.91 Å². The third kappa shape index (κ3) is 3.17. The zero-order valence-corrected chi connectivity index (χ0v) is 10.8. The second-order valence-corrected chi connectivity index (χ2v) is 4.81. The van der Waals surface area contributed by atoms with Crippen molar-refractivity contribution in [3.05, 3.63) is 36.3 Å². The molecule has 0 aliphatic rings. The number of amides is 1. The molecule has 6 heteroatoms. The number of rotatable bonds is 4. The number of nitrogens with one attached hydrogen (secondary N) is 1. The Morgan fingerprint density at radius 1 is 1.42 bits per heavy atom. The topological polar surface area (TPSA) is 88.2 Å². The van der Waals surface area contributed by atoms with Crippen molar-refractivity contribution in [2.24, 2.45) is 0 Å². The van der Waals surface area contributed by atoms with Crippen LogP contribution in [-0.2, 0) is 0 Å². The number of hydrogen-bond donors (Lipinski definition) is 2. The molecule has 0 aliphatic carbocycles. The lowest BCUT2D eigenvalue weighted by Gasteiger charge is -2.22. The second kappa shape index (κ2) is 5.19.